The third-order valence-corrected chi connectivity index (χ3v) is 5.91. The van der Waals surface area contributed by atoms with Gasteiger partial charge in [0.25, 0.3) is 0 Å². The Labute approximate surface area is 193 Å². The zero-order chi connectivity index (χ0) is 22.8. The van der Waals surface area contributed by atoms with Gasteiger partial charge in [0.2, 0.25) is 5.78 Å². The van der Waals surface area contributed by atoms with Crippen molar-refractivity contribution in [2.75, 3.05) is 13.7 Å². The normalized spacial score (nSPS) is 11.0. The summed E-state index contributed by atoms with van der Waals surface area (Å²) in [5.74, 6) is -0.0532. The van der Waals surface area contributed by atoms with Crippen molar-refractivity contribution in [1.82, 2.24) is 4.57 Å². The van der Waals surface area contributed by atoms with Gasteiger partial charge in [-0.2, -0.15) is 0 Å². The van der Waals surface area contributed by atoms with Crippen molar-refractivity contribution in [3.8, 4) is 11.4 Å². The van der Waals surface area contributed by atoms with Crippen LogP contribution in [-0.4, -0.2) is 30.0 Å². The van der Waals surface area contributed by atoms with E-state index >= 15 is 0 Å². The van der Waals surface area contributed by atoms with Gasteiger partial charge in [-0.3, -0.25) is 9.59 Å². The highest BCUT2D eigenvalue weighted by atomic mass is 79.9. The number of methoxy groups -OCH3 is 1. The van der Waals surface area contributed by atoms with Crippen LogP contribution in [0, 0.1) is 13.8 Å². The molecule has 0 atom stereocenters. The molecule has 2 heterocycles. The number of hydrogen-bond donors (Lipinski definition) is 0. The molecule has 0 aliphatic heterocycles. The molecule has 2 aromatic heterocycles. The molecule has 0 saturated heterocycles. The number of Topliss-reactive ketones (excluding diaryl/α,β-unsaturated/α-hetero) is 1. The molecule has 32 heavy (non-hydrogen) atoms. The Morgan fingerprint density at radius 3 is 2.53 bits per heavy atom. The quantitative estimate of drug-likeness (QED) is 0.247. The largest absolute Gasteiger partial charge is 0.497 e. The van der Waals surface area contributed by atoms with Crippen LogP contribution in [0.5, 0.6) is 5.75 Å². The van der Waals surface area contributed by atoms with Crippen LogP contribution in [-0.2, 0) is 16.0 Å². The Morgan fingerprint density at radius 2 is 1.81 bits per heavy atom. The second-order valence-electron chi connectivity index (χ2n) is 7.48. The van der Waals surface area contributed by atoms with Crippen LogP contribution in [0.2, 0.25) is 0 Å². The number of benzene rings is 2. The number of ketones is 1. The number of esters is 1. The molecule has 164 valence electrons. The zero-order valence-electron chi connectivity index (χ0n) is 18.0. The van der Waals surface area contributed by atoms with Gasteiger partial charge in [-0.15, -0.1) is 0 Å². The number of halogens is 1. The number of ether oxygens (including phenoxy) is 2. The summed E-state index contributed by atoms with van der Waals surface area (Å²) in [6.07, 6.45) is 1.55. The molecule has 0 bridgehead atoms. The summed E-state index contributed by atoms with van der Waals surface area (Å²) in [6, 6.07) is 15.1. The third kappa shape index (κ3) is 4.34. The van der Waals surface area contributed by atoms with Gasteiger partial charge in [0.15, 0.2) is 6.61 Å². The highest BCUT2D eigenvalue weighted by Crippen LogP contribution is 2.26. The third-order valence-electron chi connectivity index (χ3n) is 5.38. The second kappa shape index (κ2) is 9.04. The summed E-state index contributed by atoms with van der Waals surface area (Å²) in [5, 5.41) is 0.812. The van der Waals surface area contributed by atoms with E-state index in [1.165, 1.54) is 6.26 Å². The molecule has 0 aliphatic rings. The molecule has 4 aromatic rings. The number of fused-ring (bicyclic) bond motifs is 1. The molecule has 0 unspecified atom stereocenters. The summed E-state index contributed by atoms with van der Waals surface area (Å²) in [7, 11) is 1.58. The molecular formula is C25H22BrNO5. The minimum Gasteiger partial charge on any atom is -0.497 e. The van der Waals surface area contributed by atoms with Gasteiger partial charge in [-0.05, 0) is 56.3 Å². The smallest absolute Gasteiger partial charge is 0.310 e. The van der Waals surface area contributed by atoms with Crippen molar-refractivity contribution >= 4 is 38.7 Å². The summed E-state index contributed by atoms with van der Waals surface area (Å²) < 4.78 is 19.0. The summed E-state index contributed by atoms with van der Waals surface area (Å²) in [6.45, 7) is 3.51. The lowest BCUT2D eigenvalue weighted by Crippen LogP contribution is -2.16. The van der Waals surface area contributed by atoms with Crippen molar-refractivity contribution in [2.24, 2.45) is 0 Å². The SMILES string of the molecule is COc1ccc2c(CC(=O)OCC(=O)c3cc(C)n(-c4ccc(Br)cc4)c3C)coc2c1. The molecule has 0 N–H and O–H groups in total. The first-order chi connectivity index (χ1) is 15.4. The second-order valence-corrected chi connectivity index (χ2v) is 8.40. The van der Waals surface area contributed by atoms with Crippen LogP contribution >= 0.6 is 15.9 Å². The lowest BCUT2D eigenvalue weighted by Gasteiger charge is -2.10. The van der Waals surface area contributed by atoms with Gasteiger partial charge in [0.05, 0.1) is 19.8 Å². The molecule has 0 spiro atoms. The fourth-order valence-electron chi connectivity index (χ4n) is 3.79. The van der Waals surface area contributed by atoms with E-state index in [9.17, 15) is 9.59 Å². The molecule has 7 heteroatoms. The van der Waals surface area contributed by atoms with Gasteiger partial charge >= 0.3 is 5.97 Å². The molecule has 0 saturated carbocycles. The van der Waals surface area contributed by atoms with Gasteiger partial charge in [-0.1, -0.05) is 15.9 Å². The first-order valence-corrected chi connectivity index (χ1v) is 10.8. The molecule has 0 aliphatic carbocycles. The van der Waals surface area contributed by atoms with E-state index in [0.29, 0.717) is 22.5 Å². The predicted molar refractivity (Wildman–Crippen MR) is 125 cm³/mol. The lowest BCUT2D eigenvalue weighted by molar-refractivity contribution is -0.141. The van der Waals surface area contributed by atoms with Gasteiger partial charge in [0, 0.05) is 44.1 Å². The molecule has 6 nitrogen and oxygen atoms in total. The number of aromatic nitrogens is 1. The maximum absolute atomic E-state index is 12.8. The van der Waals surface area contributed by atoms with Crippen LogP contribution in [0.1, 0.15) is 27.3 Å². The first-order valence-electron chi connectivity index (χ1n) is 10.0. The van der Waals surface area contributed by atoms with E-state index in [4.69, 9.17) is 13.9 Å². The van der Waals surface area contributed by atoms with E-state index in [1.54, 1.807) is 19.2 Å². The van der Waals surface area contributed by atoms with Crippen molar-refractivity contribution < 1.29 is 23.5 Å². The van der Waals surface area contributed by atoms with Gasteiger partial charge < -0.3 is 18.5 Å². The highest BCUT2D eigenvalue weighted by Gasteiger charge is 2.19. The van der Waals surface area contributed by atoms with Crippen LogP contribution in [0.25, 0.3) is 16.7 Å². The van der Waals surface area contributed by atoms with E-state index in [0.717, 1.165) is 26.9 Å². The standard InChI is InChI=1S/C25H22BrNO5/c1-15-10-22(16(2)27(15)19-6-4-18(26)5-7-19)23(28)14-32-25(29)11-17-13-31-24-12-20(30-3)8-9-21(17)24/h4-10,12-13H,11,14H2,1-3H3. The number of furan rings is 1. The summed E-state index contributed by atoms with van der Waals surface area (Å²) in [5.41, 5.74) is 4.57. The summed E-state index contributed by atoms with van der Waals surface area (Å²) in [4.78, 5) is 25.1. The molecule has 0 amide bonds. The minimum absolute atomic E-state index is 0.0184. The molecule has 0 fully saturated rings. The van der Waals surface area contributed by atoms with Crippen LogP contribution in [0.3, 0.4) is 0 Å². The van der Waals surface area contributed by atoms with E-state index in [1.807, 2.05) is 54.8 Å². The lowest BCUT2D eigenvalue weighted by atomic mass is 10.1. The molecule has 0 radical (unpaired) electrons. The minimum atomic E-state index is -0.487. The van der Waals surface area contributed by atoms with Gasteiger partial charge in [-0.25, -0.2) is 0 Å². The number of carbonyl (C=O) groups excluding carboxylic acids is 2. The maximum atomic E-state index is 12.8. The van der Waals surface area contributed by atoms with Crippen molar-refractivity contribution in [3.63, 3.8) is 0 Å². The van der Waals surface area contributed by atoms with E-state index in [2.05, 4.69) is 15.9 Å². The number of aryl methyl sites for hydroxylation is 1. The first kappa shape index (κ1) is 21.9. The zero-order valence-corrected chi connectivity index (χ0v) is 19.6. The Hall–Kier alpha value is -3.32. The maximum Gasteiger partial charge on any atom is 0.310 e. The molecule has 2 aromatic carbocycles. The Balaban J connectivity index is 1.43. The predicted octanol–water partition coefficient (Wildman–Crippen LogP) is 5.58. The topological polar surface area (TPSA) is 70.7 Å². The Bertz CT molecular complexity index is 1300. The molecular weight excluding hydrogens is 474 g/mol. The number of carbonyl (C=O) groups is 2. The monoisotopic (exact) mass is 495 g/mol. The Morgan fingerprint density at radius 1 is 1.06 bits per heavy atom. The van der Waals surface area contributed by atoms with Gasteiger partial charge in [0.1, 0.15) is 11.3 Å². The highest BCUT2D eigenvalue weighted by molar-refractivity contribution is 9.10. The van der Waals surface area contributed by atoms with Crippen molar-refractivity contribution in [1.29, 1.82) is 0 Å². The fourth-order valence-corrected chi connectivity index (χ4v) is 4.05. The van der Waals surface area contributed by atoms with Crippen molar-refractivity contribution in [3.05, 3.63) is 81.8 Å². The number of nitrogens with zero attached hydrogens (tertiary/aromatic N) is 1. The number of hydrogen-bond acceptors (Lipinski definition) is 5. The summed E-state index contributed by atoms with van der Waals surface area (Å²) >= 11 is 3.43. The average Bonchev–Trinajstić information content (AvgIpc) is 3.32. The number of rotatable bonds is 7. The Kier molecular flexibility index (Phi) is 6.19. The van der Waals surface area contributed by atoms with Crippen LogP contribution in [0.15, 0.2) is 63.7 Å². The van der Waals surface area contributed by atoms with Crippen molar-refractivity contribution in [2.45, 2.75) is 20.3 Å². The average molecular weight is 496 g/mol. The molecule has 4 rings (SSSR count). The van der Waals surface area contributed by atoms with E-state index in [-0.39, 0.29) is 18.8 Å². The fraction of sp³-hybridized carbons (Fsp3) is 0.200. The van der Waals surface area contributed by atoms with Crippen LogP contribution in [0.4, 0.5) is 0 Å². The van der Waals surface area contributed by atoms with E-state index < -0.39 is 5.97 Å². The van der Waals surface area contributed by atoms with Crippen LogP contribution < -0.4 is 4.74 Å².